The number of hydrogen-bond acceptors (Lipinski definition) is 3. The quantitative estimate of drug-likeness (QED) is 0.446. The fourth-order valence-electron chi connectivity index (χ4n) is 3.52. The van der Waals surface area contributed by atoms with Gasteiger partial charge in [-0.05, 0) is 48.5 Å². The Kier molecular flexibility index (Phi) is 3.12. The molecule has 0 aliphatic heterocycles. The van der Waals surface area contributed by atoms with E-state index in [1.54, 1.807) is 37.4 Å². The summed E-state index contributed by atoms with van der Waals surface area (Å²) >= 11 is 0. The molecule has 5 nitrogen and oxygen atoms in total. The topological polar surface area (TPSA) is 75.0 Å². The van der Waals surface area contributed by atoms with Gasteiger partial charge in [0.05, 0.1) is 23.7 Å². The highest BCUT2D eigenvalue weighted by molar-refractivity contribution is 6.02. The highest BCUT2D eigenvalue weighted by Gasteiger charge is 2.12. The van der Waals surface area contributed by atoms with E-state index in [0.717, 1.165) is 0 Å². The fourth-order valence-corrected chi connectivity index (χ4v) is 3.52. The monoisotopic (exact) mass is 360 g/mol. The van der Waals surface area contributed by atoms with Crippen molar-refractivity contribution in [2.45, 2.75) is 0 Å². The highest BCUT2D eigenvalue weighted by Crippen LogP contribution is 2.23. The number of fused-ring (bicyclic) bond motifs is 4. The van der Waals surface area contributed by atoms with Crippen LogP contribution < -0.4 is 15.6 Å². The number of aromatic amines is 2. The molecule has 0 unspecified atom stereocenters. The Bertz CT molecular complexity index is 1520. The van der Waals surface area contributed by atoms with Crippen LogP contribution in [-0.4, -0.2) is 17.1 Å². The van der Waals surface area contributed by atoms with E-state index in [9.17, 15) is 14.0 Å². The van der Waals surface area contributed by atoms with Gasteiger partial charge in [0.15, 0.2) is 10.9 Å². The van der Waals surface area contributed by atoms with E-state index in [1.165, 1.54) is 18.2 Å². The van der Waals surface area contributed by atoms with E-state index in [1.807, 2.05) is 0 Å². The summed E-state index contributed by atoms with van der Waals surface area (Å²) in [7, 11) is 1.54. The van der Waals surface area contributed by atoms with Crippen LogP contribution in [0.4, 0.5) is 4.39 Å². The Hall–Kier alpha value is -3.67. The molecule has 0 aliphatic carbocycles. The number of nitrogens with one attached hydrogen (secondary N) is 2. The average molecular weight is 360 g/mol. The van der Waals surface area contributed by atoms with E-state index in [2.05, 4.69) is 9.97 Å². The van der Waals surface area contributed by atoms with Crippen molar-refractivity contribution in [3.63, 3.8) is 0 Å². The molecule has 132 valence electrons. The number of methoxy groups -OCH3 is 1. The molecule has 2 aromatic heterocycles. The van der Waals surface area contributed by atoms with Crippen LogP contribution in [0.1, 0.15) is 0 Å². The Morgan fingerprint density at radius 1 is 0.704 bits per heavy atom. The number of H-pyrrole nitrogens is 2. The largest absolute Gasteiger partial charge is 0.497 e. The summed E-state index contributed by atoms with van der Waals surface area (Å²) in [4.78, 5) is 32.1. The average Bonchev–Trinajstić information content (AvgIpc) is 2.68. The van der Waals surface area contributed by atoms with Crippen LogP contribution in [0.2, 0.25) is 0 Å². The summed E-state index contributed by atoms with van der Waals surface area (Å²) in [6, 6.07) is 12.5. The van der Waals surface area contributed by atoms with Crippen LogP contribution in [0.25, 0.3) is 43.6 Å². The fraction of sp³-hybridized carbons (Fsp3) is 0.0476. The zero-order chi connectivity index (χ0) is 18.7. The van der Waals surface area contributed by atoms with Crippen LogP contribution in [0.5, 0.6) is 5.75 Å². The summed E-state index contributed by atoms with van der Waals surface area (Å²) in [6.07, 6.45) is 0. The zero-order valence-electron chi connectivity index (χ0n) is 14.2. The lowest BCUT2D eigenvalue weighted by atomic mass is 10.1. The minimum atomic E-state index is -0.471. The number of benzene rings is 3. The van der Waals surface area contributed by atoms with Gasteiger partial charge in [0.1, 0.15) is 11.6 Å². The minimum Gasteiger partial charge on any atom is -0.497 e. The SMILES string of the molecule is COc1ccc2[nH]c3cc4c(=O)c5cc(F)ccc5[nH]c4cc3c(=O)c2c1. The maximum atomic E-state index is 13.5. The lowest BCUT2D eigenvalue weighted by Crippen LogP contribution is -2.08. The van der Waals surface area contributed by atoms with Gasteiger partial charge in [0.2, 0.25) is 0 Å². The Balaban J connectivity index is 1.96. The number of aromatic nitrogens is 2. The van der Waals surface area contributed by atoms with Gasteiger partial charge in [0, 0.05) is 27.1 Å². The van der Waals surface area contributed by atoms with Crippen molar-refractivity contribution >= 4 is 43.6 Å². The molecule has 0 radical (unpaired) electrons. The van der Waals surface area contributed by atoms with Crippen molar-refractivity contribution in [1.29, 1.82) is 0 Å². The van der Waals surface area contributed by atoms with E-state index in [-0.39, 0.29) is 16.2 Å². The number of rotatable bonds is 1. The van der Waals surface area contributed by atoms with E-state index >= 15 is 0 Å². The molecule has 0 spiro atoms. The molecule has 0 saturated carbocycles. The lowest BCUT2D eigenvalue weighted by molar-refractivity contribution is 0.415. The first-order valence-electron chi connectivity index (χ1n) is 8.34. The van der Waals surface area contributed by atoms with Crippen molar-refractivity contribution in [3.8, 4) is 5.75 Å². The van der Waals surface area contributed by atoms with Crippen LogP contribution in [0, 0.1) is 5.82 Å². The smallest absolute Gasteiger partial charge is 0.197 e. The van der Waals surface area contributed by atoms with Gasteiger partial charge in [-0.3, -0.25) is 9.59 Å². The summed E-state index contributed by atoms with van der Waals surface area (Å²) in [5.41, 5.74) is 1.81. The first-order valence-corrected chi connectivity index (χ1v) is 8.34. The molecule has 0 fully saturated rings. The second kappa shape index (κ2) is 5.41. The molecule has 3 aromatic carbocycles. The molecule has 2 N–H and O–H groups in total. The van der Waals surface area contributed by atoms with E-state index in [4.69, 9.17) is 4.74 Å². The Morgan fingerprint density at radius 2 is 1.22 bits per heavy atom. The highest BCUT2D eigenvalue weighted by atomic mass is 19.1. The molecule has 27 heavy (non-hydrogen) atoms. The minimum absolute atomic E-state index is 0.153. The van der Waals surface area contributed by atoms with E-state index < -0.39 is 5.82 Å². The standard InChI is InChI=1S/C21H13FN2O3/c1-27-11-3-5-17-13(7-11)21(26)15-9-18-14(8-19(15)24-17)20(25)12-6-10(22)2-4-16(12)23-18/h2-9H,1H3,(H,23,25)(H,24,26). The predicted molar refractivity (Wildman–Crippen MR) is 104 cm³/mol. The lowest BCUT2D eigenvalue weighted by Gasteiger charge is -2.08. The molecule has 0 amide bonds. The third-order valence-corrected chi connectivity index (χ3v) is 4.88. The van der Waals surface area contributed by atoms with Crippen molar-refractivity contribution < 1.29 is 9.13 Å². The molecule has 5 rings (SSSR count). The summed E-state index contributed by atoms with van der Waals surface area (Å²) in [5, 5.41) is 1.63. The van der Waals surface area contributed by atoms with Crippen molar-refractivity contribution in [1.82, 2.24) is 9.97 Å². The van der Waals surface area contributed by atoms with Crippen molar-refractivity contribution in [2.75, 3.05) is 7.11 Å². The predicted octanol–water partition coefficient (Wildman–Crippen LogP) is 3.82. The summed E-state index contributed by atoms with van der Waals surface area (Å²) in [6.45, 7) is 0. The zero-order valence-corrected chi connectivity index (χ0v) is 14.2. The number of hydrogen-bond donors (Lipinski definition) is 2. The third-order valence-electron chi connectivity index (χ3n) is 4.88. The number of halogens is 1. The molecule has 6 heteroatoms. The number of ether oxygens (including phenoxy) is 1. The van der Waals surface area contributed by atoms with Crippen LogP contribution >= 0.6 is 0 Å². The normalized spacial score (nSPS) is 11.6. The van der Waals surface area contributed by atoms with Gasteiger partial charge in [0.25, 0.3) is 0 Å². The summed E-state index contributed by atoms with van der Waals surface area (Å²) < 4.78 is 18.8. The van der Waals surface area contributed by atoms with Crippen LogP contribution in [0.15, 0.2) is 58.1 Å². The molecule has 0 atom stereocenters. The van der Waals surface area contributed by atoms with Gasteiger partial charge in [-0.25, -0.2) is 4.39 Å². The van der Waals surface area contributed by atoms with Gasteiger partial charge in [-0.15, -0.1) is 0 Å². The van der Waals surface area contributed by atoms with Gasteiger partial charge in [-0.2, -0.15) is 0 Å². The number of pyridine rings is 2. The first kappa shape index (κ1) is 15.6. The molecular weight excluding hydrogens is 347 g/mol. The Labute approximate surface area is 151 Å². The Morgan fingerprint density at radius 3 is 1.81 bits per heavy atom. The van der Waals surface area contributed by atoms with Gasteiger partial charge >= 0.3 is 0 Å². The first-order chi connectivity index (χ1) is 13.0. The van der Waals surface area contributed by atoms with Gasteiger partial charge in [-0.1, -0.05) is 0 Å². The van der Waals surface area contributed by atoms with Crippen molar-refractivity contribution in [3.05, 3.63) is 74.8 Å². The third kappa shape index (κ3) is 2.23. The molecule has 5 aromatic rings. The van der Waals surface area contributed by atoms with E-state index in [0.29, 0.717) is 44.0 Å². The summed E-state index contributed by atoms with van der Waals surface area (Å²) in [5.74, 6) is 0.121. The molecular formula is C21H13FN2O3. The molecule has 2 heterocycles. The van der Waals surface area contributed by atoms with Crippen LogP contribution in [-0.2, 0) is 0 Å². The maximum absolute atomic E-state index is 13.5. The second-order valence-corrected chi connectivity index (χ2v) is 6.45. The maximum Gasteiger partial charge on any atom is 0.197 e. The van der Waals surface area contributed by atoms with Gasteiger partial charge < -0.3 is 14.7 Å². The van der Waals surface area contributed by atoms with Crippen molar-refractivity contribution in [2.24, 2.45) is 0 Å². The molecule has 0 saturated heterocycles. The molecule has 0 aliphatic rings. The van der Waals surface area contributed by atoms with Crippen LogP contribution in [0.3, 0.4) is 0 Å². The second-order valence-electron chi connectivity index (χ2n) is 6.45. The molecule has 0 bridgehead atoms.